The highest BCUT2D eigenvalue weighted by Crippen LogP contribution is 2.19. The highest BCUT2D eigenvalue weighted by molar-refractivity contribution is 14.1. The molecule has 0 bridgehead atoms. The van der Waals surface area contributed by atoms with Crippen molar-refractivity contribution in [3.8, 4) is 5.75 Å². The molecule has 1 aromatic rings. The molecule has 0 spiro atoms. The Morgan fingerprint density at radius 1 is 1.26 bits per heavy atom. The first-order chi connectivity index (χ1) is 9.40. The zero-order valence-electron chi connectivity index (χ0n) is 11.1. The van der Waals surface area contributed by atoms with Gasteiger partial charge in [-0.1, -0.05) is 40.8 Å². The third-order valence-electron chi connectivity index (χ3n) is 3.12. The van der Waals surface area contributed by atoms with Gasteiger partial charge < -0.3 is 9.47 Å². The highest BCUT2D eigenvalue weighted by Gasteiger charge is 2.20. The van der Waals surface area contributed by atoms with Gasteiger partial charge >= 0.3 is 0 Å². The van der Waals surface area contributed by atoms with E-state index in [0.717, 1.165) is 44.2 Å². The molecule has 0 aromatic heterocycles. The van der Waals surface area contributed by atoms with Crippen molar-refractivity contribution in [3.05, 3.63) is 30.3 Å². The van der Waals surface area contributed by atoms with Crippen LogP contribution in [0.2, 0.25) is 0 Å². The number of ether oxygens (including phenoxy) is 2. The molecular formula is C15H20INO2. The van der Waals surface area contributed by atoms with Crippen molar-refractivity contribution in [1.82, 2.24) is 0 Å². The summed E-state index contributed by atoms with van der Waals surface area (Å²) in [5.41, 5.74) is 0. The number of para-hydroxylation sites is 1. The smallest absolute Gasteiger partial charge is 0.186 e. The standard InChI is InChI=1S/C15H20INO2/c16-9-4-5-13(15-17-10-12-19-15)8-11-18-14-6-2-1-3-7-14/h1-3,6-7,13H,4-5,8-12H2. The molecule has 1 aliphatic heterocycles. The zero-order valence-corrected chi connectivity index (χ0v) is 13.2. The van der Waals surface area contributed by atoms with Gasteiger partial charge in [0, 0.05) is 5.92 Å². The first kappa shape index (κ1) is 14.6. The molecule has 1 aromatic carbocycles. The number of alkyl halides is 1. The van der Waals surface area contributed by atoms with E-state index in [-0.39, 0.29) is 0 Å². The summed E-state index contributed by atoms with van der Waals surface area (Å²) in [6, 6.07) is 9.96. The lowest BCUT2D eigenvalue weighted by Crippen LogP contribution is -2.18. The number of aliphatic imine (C=N–C) groups is 1. The van der Waals surface area contributed by atoms with Crippen LogP contribution in [0.1, 0.15) is 19.3 Å². The molecule has 0 saturated carbocycles. The van der Waals surface area contributed by atoms with E-state index in [9.17, 15) is 0 Å². The quantitative estimate of drug-likeness (QED) is 0.514. The third-order valence-corrected chi connectivity index (χ3v) is 3.89. The molecule has 104 valence electrons. The van der Waals surface area contributed by atoms with Crippen LogP contribution in [0.15, 0.2) is 35.3 Å². The Morgan fingerprint density at radius 3 is 2.79 bits per heavy atom. The summed E-state index contributed by atoms with van der Waals surface area (Å²) < 4.78 is 12.6. The Morgan fingerprint density at radius 2 is 2.11 bits per heavy atom. The fourth-order valence-corrected chi connectivity index (χ4v) is 2.59. The minimum absolute atomic E-state index is 0.418. The molecule has 0 amide bonds. The van der Waals surface area contributed by atoms with E-state index in [1.165, 1.54) is 10.8 Å². The first-order valence-corrected chi connectivity index (χ1v) is 8.33. The lowest BCUT2D eigenvalue weighted by atomic mass is 10.00. The largest absolute Gasteiger partial charge is 0.494 e. The maximum atomic E-state index is 5.76. The summed E-state index contributed by atoms with van der Waals surface area (Å²) in [6.45, 7) is 2.28. The van der Waals surface area contributed by atoms with Crippen molar-refractivity contribution >= 4 is 28.5 Å². The summed E-state index contributed by atoms with van der Waals surface area (Å²) in [7, 11) is 0. The topological polar surface area (TPSA) is 30.8 Å². The lowest BCUT2D eigenvalue weighted by Gasteiger charge is -2.16. The fourth-order valence-electron chi connectivity index (χ4n) is 2.15. The predicted octanol–water partition coefficient (Wildman–Crippen LogP) is 3.72. The van der Waals surface area contributed by atoms with Crippen LogP contribution in [-0.4, -0.2) is 30.1 Å². The van der Waals surface area contributed by atoms with Gasteiger partial charge in [0.1, 0.15) is 12.4 Å². The van der Waals surface area contributed by atoms with Crippen molar-refractivity contribution in [3.63, 3.8) is 0 Å². The molecule has 0 fully saturated rings. The van der Waals surface area contributed by atoms with E-state index in [1.807, 2.05) is 30.3 Å². The molecule has 0 aliphatic carbocycles. The van der Waals surface area contributed by atoms with Crippen molar-refractivity contribution in [2.45, 2.75) is 19.3 Å². The van der Waals surface area contributed by atoms with Gasteiger partial charge in [-0.2, -0.15) is 0 Å². The molecular weight excluding hydrogens is 353 g/mol. The molecule has 0 N–H and O–H groups in total. The molecule has 0 saturated heterocycles. The number of nitrogens with zero attached hydrogens (tertiary/aromatic N) is 1. The van der Waals surface area contributed by atoms with Crippen molar-refractivity contribution in [2.24, 2.45) is 10.9 Å². The Bertz CT molecular complexity index is 394. The van der Waals surface area contributed by atoms with E-state index >= 15 is 0 Å². The van der Waals surface area contributed by atoms with E-state index in [2.05, 4.69) is 27.6 Å². The van der Waals surface area contributed by atoms with Gasteiger partial charge in [-0.25, -0.2) is 0 Å². The molecule has 3 nitrogen and oxygen atoms in total. The average Bonchev–Trinajstić information content (AvgIpc) is 2.98. The Kier molecular flexibility index (Phi) is 6.47. The second kappa shape index (κ2) is 8.40. The van der Waals surface area contributed by atoms with Gasteiger partial charge in [-0.15, -0.1) is 0 Å². The van der Waals surface area contributed by atoms with Gasteiger partial charge in [-0.3, -0.25) is 4.99 Å². The summed E-state index contributed by atoms with van der Waals surface area (Å²) in [4.78, 5) is 4.45. The van der Waals surface area contributed by atoms with Crippen LogP contribution in [0, 0.1) is 5.92 Å². The van der Waals surface area contributed by atoms with Gasteiger partial charge in [-0.05, 0) is 35.8 Å². The summed E-state index contributed by atoms with van der Waals surface area (Å²) in [6.07, 6.45) is 3.32. The van der Waals surface area contributed by atoms with Gasteiger partial charge in [0.05, 0.1) is 13.2 Å². The van der Waals surface area contributed by atoms with Gasteiger partial charge in [0.15, 0.2) is 5.90 Å². The summed E-state index contributed by atoms with van der Waals surface area (Å²) in [5.74, 6) is 2.30. The third kappa shape index (κ3) is 5.01. The van der Waals surface area contributed by atoms with Gasteiger partial charge in [0.25, 0.3) is 0 Å². The minimum Gasteiger partial charge on any atom is -0.494 e. The highest BCUT2D eigenvalue weighted by atomic mass is 127. The van der Waals surface area contributed by atoms with Gasteiger partial charge in [0.2, 0.25) is 0 Å². The molecule has 1 atom stereocenters. The molecule has 4 heteroatoms. The van der Waals surface area contributed by atoms with Crippen LogP contribution in [-0.2, 0) is 4.74 Å². The molecule has 2 rings (SSSR count). The van der Waals surface area contributed by atoms with Crippen LogP contribution in [0.3, 0.4) is 0 Å². The second-order valence-electron chi connectivity index (χ2n) is 4.55. The normalized spacial score (nSPS) is 15.7. The van der Waals surface area contributed by atoms with Crippen LogP contribution >= 0.6 is 22.6 Å². The first-order valence-electron chi connectivity index (χ1n) is 6.81. The Labute approximate surface area is 128 Å². The number of halogens is 1. The average molecular weight is 373 g/mol. The van der Waals surface area contributed by atoms with Crippen LogP contribution in [0.25, 0.3) is 0 Å². The maximum absolute atomic E-state index is 5.76. The molecule has 1 aliphatic rings. The van der Waals surface area contributed by atoms with E-state index in [1.54, 1.807) is 0 Å². The number of rotatable bonds is 8. The Balaban J connectivity index is 1.79. The SMILES string of the molecule is ICCCC(CCOc1ccccc1)C1=NCCO1. The molecule has 1 unspecified atom stereocenters. The van der Waals surface area contributed by atoms with E-state index < -0.39 is 0 Å². The van der Waals surface area contributed by atoms with Crippen LogP contribution < -0.4 is 4.74 Å². The lowest BCUT2D eigenvalue weighted by molar-refractivity contribution is 0.267. The summed E-state index contributed by atoms with van der Waals surface area (Å²) in [5, 5.41) is 0. The van der Waals surface area contributed by atoms with Crippen LogP contribution in [0.4, 0.5) is 0 Å². The minimum atomic E-state index is 0.418. The predicted molar refractivity (Wildman–Crippen MR) is 86.4 cm³/mol. The molecule has 1 heterocycles. The van der Waals surface area contributed by atoms with Crippen LogP contribution in [0.5, 0.6) is 5.75 Å². The fraction of sp³-hybridized carbons (Fsp3) is 0.533. The maximum Gasteiger partial charge on any atom is 0.186 e. The van der Waals surface area contributed by atoms with Crippen molar-refractivity contribution < 1.29 is 9.47 Å². The second-order valence-corrected chi connectivity index (χ2v) is 5.63. The number of hydrogen-bond acceptors (Lipinski definition) is 3. The number of hydrogen-bond donors (Lipinski definition) is 0. The monoisotopic (exact) mass is 373 g/mol. The van der Waals surface area contributed by atoms with Crippen molar-refractivity contribution in [1.29, 1.82) is 0 Å². The van der Waals surface area contributed by atoms with E-state index in [4.69, 9.17) is 9.47 Å². The van der Waals surface area contributed by atoms with E-state index in [0.29, 0.717) is 5.92 Å². The summed E-state index contributed by atoms with van der Waals surface area (Å²) >= 11 is 2.42. The number of benzene rings is 1. The zero-order chi connectivity index (χ0) is 13.3. The molecule has 0 radical (unpaired) electrons. The Hall–Kier alpha value is -0.780. The molecule has 19 heavy (non-hydrogen) atoms. The van der Waals surface area contributed by atoms with Crippen molar-refractivity contribution in [2.75, 3.05) is 24.2 Å².